The van der Waals surface area contributed by atoms with Crippen molar-refractivity contribution in [2.75, 3.05) is 25.5 Å². The zero-order valence-corrected chi connectivity index (χ0v) is 15.0. The number of urea groups is 1. The van der Waals surface area contributed by atoms with Crippen LogP contribution < -0.4 is 20.1 Å². The first-order valence-corrected chi connectivity index (χ1v) is 8.89. The number of nitrogens with one attached hydrogen (secondary N) is 2. The average molecular weight is 367 g/mol. The van der Waals surface area contributed by atoms with Gasteiger partial charge >= 0.3 is 6.03 Å². The third kappa shape index (κ3) is 3.40. The van der Waals surface area contributed by atoms with Gasteiger partial charge in [-0.1, -0.05) is 18.2 Å². The standard InChI is InChI=1S/C20H21N3O4/c1-26-15-6-4-5-14(13-15)21-19(25)23-11-9-20(10-12-23)22-18(24)16-7-2-3-8-17(16)27-20/h2-8,13H,9-12H2,1H3,(H,21,25)(H,22,24). The molecule has 7 nitrogen and oxygen atoms in total. The van der Waals surface area contributed by atoms with E-state index in [2.05, 4.69) is 10.6 Å². The molecule has 0 atom stereocenters. The summed E-state index contributed by atoms with van der Waals surface area (Å²) in [4.78, 5) is 26.6. The maximum atomic E-state index is 12.5. The zero-order chi connectivity index (χ0) is 18.9. The molecular weight excluding hydrogens is 346 g/mol. The van der Waals surface area contributed by atoms with Crippen molar-refractivity contribution in [2.45, 2.75) is 18.6 Å². The maximum absolute atomic E-state index is 12.5. The summed E-state index contributed by atoms with van der Waals surface area (Å²) in [6, 6.07) is 14.3. The number of anilines is 1. The van der Waals surface area contributed by atoms with Crippen molar-refractivity contribution in [2.24, 2.45) is 0 Å². The van der Waals surface area contributed by atoms with Crippen LogP contribution in [0.5, 0.6) is 11.5 Å². The summed E-state index contributed by atoms with van der Waals surface area (Å²) in [7, 11) is 1.58. The van der Waals surface area contributed by atoms with Crippen LogP contribution in [-0.4, -0.2) is 42.8 Å². The van der Waals surface area contributed by atoms with E-state index in [0.717, 1.165) is 0 Å². The Hall–Kier alpha value is -3.22. The van der Waals surface area contributed by atoms with Crippen LogP contribution in [0.1, 0.15) is 23.2 Å². The number of likely N-dealkylation sites (tertiary alicyclic amines) is 1. The van der Waals surface area contributed by atoms with Gasteiger partial charge in [-0.05, 0) is 24.3 Å². The van der Waals surface area contributed by atoms with Gasteiger partial charge in [0.1, 0.15) is 11.5 Å². The van der Waals surface area contributed by atoms with Gasteiger partial charge in [-0.25, -0.2) is 4.79 Å². The number of methoxy groups -OCH3 is 1. The first kappa shape index (κ1) is 17.2. The average Bonchev–Trinajstić information content (AvgIpc) is 2.68. The molecule has 0 unspecified atom stereocenters. The molecule has 140 valence electrons. The summed E-state index contributed by atoms with van der Waals surface area (Å²) in [5.74, 6) is 1.14. The quantitative estimate of drug-likeness (QED) is 0.855. The number of carbonyl (C=O) groups excluding carboxylic acids is 2. The highest BCUT2D eigenvalue weighted by molar-refractivity contribution is 5.98. The molecule has 1 fully saturated rings. The lowest BCUT2D eigenvalue weighted by Crippen LogP contribution is -2.61. The van der Waals surface area contributed by atoms with Crippen molar-refractivity contribution in [3.63, 3.8) is 0 Å². The molecule has 27 heavy (non-hydrogen) atoms. The number of carbonyl (C=O) groups is 2. The number of amides is 3. The molecule has 2 N–H and O–H groups in total. The van der Waals surface area contributed by atoms with E-state index in [4.69, 9.17) is 9.47 Å². The minimum absolute atomic E-state index is 0.133. The molecule has 1 saturated heterocycles. The molecule has 1 spiro atoms. The highest BCUT2D eigenvalue weighted by Gasteiger charge is 2.43. The Kier molecular flexibility index (Phi) is 4.35. The normalized spacial score (nSPS) is 17.5. The van der Waals surface area contributed by atoms with Crippen LogP contribution in [0.2, 0.25) is 0 Å². The monoisotopic (exact) mass is 367 g/mol. The third-order valence-electron chi connectivity index (χ3n) is 4.96. The summed E-state index contributed by atoms with van der Waals surface area (Å²) >= 11 is 0. The summed E-state index contributed by atoms with van der Waals surface area (Å²) in [6.07, 6.45) is 1.05. The molecule has 0 aliphatic carbocycles. The van der Waals surface area contributed by atoms with Crippen molar-refractivity contribution in [3.8, 4) is 11.5 Å². The summed E-state index contributed by atoms with van der Waals surface area (Å²) in [6.45, 7) is 0.969. The second-order valence-corrected chi connectivity index (χ2v) is 6.70. The van der Waals surface area contributed by atoms with Crippen LogP contribution >= 0.6 is 0 Å². The maximum Gasteiger partial charge on any atom is 0.321 e. The number of para-hydroxylation sites is 1. The highest BCUT2D eigenvalue weighted by Crippen LogP contribution is 2.33. The Morgan fingerprint density at radius 3 is 2.74 bits per heavy atom. The van der Waals surface area contributed by atoms with Crippen molar-refractivity contribution >= 4 is 17.6 Å². The Bertz CT molecular complexity index is 875. The molecule has 3 amide bonds. The summed E-state index contributed by atoms with van der Waals surface area (Å²) in [5, 5.41) is 5.86. The number of hydrogen-bond donors (Lipinski definition) is 2. The van der Waals surface area contributed by atoms with Gasteiger partial charge in [0, 0.05) is 37.7 Å². The predicted molar refractivity (Wildman–Crippen MR) is 100 cm³/mol. The van der Waals surface area contributed by atoms with Gasteiger partial charge in [-0.3, -0.25) is 4.79 Å². The lowest BCUT2D eigenvalue weighted by atomic mass is 9.97. The number of piperidine rings is 1. The number of ether oxygens (including phenoxy) is 2. The predicted octanol–water partition coefficient (Wildman–Crippen LogP) is 2.84. The fourth-order valence-electron chi connectivity index (χ4n) is 3.45. The van der Waals surface area contributed by atoms with Gasteiger partial charge < -0.3 is 25.0 Å². The number of hydrogen-bond acceptors (Lipinski definition) is 4. The molecule has 2 heterocycles. The van der Waals surface area contributed by atoms with E-state index in [0.29, 0.717) is 48.7 Å². The third-order valence-corrected chi connectivity index (χ3v) is 4.96. The van der Waals surface area contributed by atoms with Crippen LogP contribution in [0.15, 0.2) is 48.5 Å². The first-order chi connectivity index (χ1) is 13.1. The van der Waals surface area contributed by atoms with E-state index in [1.807, 2.05) is 30.3 Å². The van der Waals surface area contributed by atoms with Crippen LogP contribution in [0.25, 0.3) is 0 Å². The number of fused-ring (bicyclic) bond motifs is 1. The van der Waals surface area contributed by atoms with E-state index in [1.165, 1.54) is 0 Å². The minimum atomic E-state index is -0.752. The zero-order valence-electron chi connectivity index (χ0n) is 15.0. The first-order valence-electron chi connectivity index (χ1n) is 8.89. The van der Waals surface area contributed by atoms with Crippen molar-refractivity contribution in [3.05, 3.63) is 54.1 Å². The molecule has 2 aromatic rings. The van der Waals surface area contributed by atoms with Gasteiger partial charge in [-0.2, -0.15) is 0 Å². The second-order valence-electron chi connectivity index (χ2n) is 6.70. The SMILES string of the molecule is COc1cccc(NC(=O)N2CCC3(CC2)NC(=O)c2ccccc2O3)c1. The van der Waals surface area contributed by atoms with Crippen molar-refractivity contribution in [1.29, 1.82) is 0 Å². The fourth-order valence-corrected chi connectivity index (χ4v) is 3.45. The number of rotatable bonds is 2. The molecule has 2 aromatic carbocycles. The van der Waals surface area contributed by atoms with Crippen LogP contribution in [0, 0.1) is 0 Å². The summed E-state index contributed by atoms with van der Waals surface area (Å²) < 4.78 is 11.3. The van der Waals surface area contributed by atoms with E-state index in [9.17, 15) is 9.59 Å². The van der Waals surface area contributed by atoms with Crippen molar-refractivity contribution in [1.82, 2.24) is 10.2 Å². The van der Waals surface area contributed by atoms with Crippen LogP contribution in [0.4, 0.5) is 10.5 Å². The van der Waals surface area contributed by atoms with E-state index < -0.39 is 5.72 Å². The second kappa shape index (κ2) is 6.83. The minimum Gasteiger partial charge on any atom is -0.497 e. The Morgan fingerprint density at radius 1 is 1.19 bits per heavy atom. The van der Waals surface area contributed by atoms with Gasteiger partial charge in [0.2, 0.25) is 0 Å². The topological polar surface area (TPSA) is 79.9 Å². The van der Waals surface area contributed by atoms with E-state index in [-0.39, 0.29) is 11.9 Å². The molecule has 2 aliphatic rings. The van der Waals surface area contributed by atoms with Gasteiger partial charge in [0.05, 0.1) is 12.7 Å². The fraction of sp³-hybridized carbons (Fsp3) is 0.300. The molecule has 0 aromatic heterocycles. The largest absolute Gasteiger partial charge is 0.497 e. The van der Waals surface area contributed by atoms with Crippen LogP contribution in [-0.2, 0) is 0 Å². The van der Waals surface area contributed by atoms with Gasteiger partial charge in [0.15, 0.2) is 5.72 Å². The Labute approximate surface area is 157 Å². The lowest BCUT2D eigenvalue weighted by molar-refractivity contribution is -0.0203. The highest BCUT2D eigenvalue weighted by atomic mass is 16.5. The molecule has 0 saturated carbocycles. The van der Waals surface area contributed by atoms with Crippen LogP contribution in [0.3, 0.4) is 0 Å². The summed E-state index contributed by atoms with van der Waals surface area (Å²) in [5.41, 5.74) is 0.468. The molecular formula is C20H21N3O4. The molecule has 4 rings (SSSR count). The Morgan fingerprint density at radius 2 is 1.96 bits per heavy atom. The molecule has 7 heteroatoms. The lowest BCUT2D eigenvalue weighted by Gasteiger charge is -2.44. The van der Waals surface area contributed by atoms with Gasteiger partial charge in [0.25, 0.3) is 5.91 Å². The smallest absolute Gasteiger partial charge is 0.321 e. The van der Waals surface area contributed by atoms with Gasteiger partial charge in [-0.15, -0.1) is 0 Å². The molecule has 0 bridgehead atoms. The van der Waals surface area contributed by atoms with Crippen molar-refractivity contribution < 1.29 is 19.1 Å². The Balaban J connectivity index is 1.40. The van der Waals surface area contributed by atoms with E-state index in [1.54, 1.807) is 30.2 Å². The molecule has 2 aliphatic heterocycles. The number of benzene rings is 2. The van der Waals surface area contributed by atoms with E-state index >= 15 is 0 Å². The molecule has 0 radical (unpaired) electrons. The number of nitrogens with zero attached hydrogens (tertiary/aromatic N) is 1.